The number of aromatic nitrogens is 2. The number of anilines is 2. The molecule has 0 radical (unpaired) electrons. The van der Waals surface area contributed by atoms with Crippen LogP contribution in [-0.2, 0) is 9.59 Å². The lowest BCUT2D eigenvalue weighted by atomic mass is 10.1. The highest BCUT2D eigenvalue weighted by atomic mass is 16.3. The Labute approximate surface area is 328 Å². The van der Waals surface area contributed by atoms with Crippen LogP contribution in [-0.4, -0.2) is 68.6 Å². The predicted octanol–water partition coefficient (Wildman–Crippen LogP) is 8.20. The number of carbonyl (C=O) groups is 4. The van der Waals surface area contributed by atoms with Crippen molar-refractivity contribution in [2.24, 2.45) is 0 Å². The monoisotopic (exact) mass is 754 g/mol. The lowest BCUT2D eigenvalue weighted by Crippen LogP contribution is -2.43. The van der Waals surface area contributed by atoms with Crippen LogP contribution in [0, 0.1) is 0 Å². The minimum absolute atomic E-state index is 0.235. The van der Waals surface area contributed by atoms with E-state index in [1.807, 2.05) is 121 Å². The highest BCUT2D eigenvalue weighted by Crippen LogP contribution is 2.31. The molecular formula is C46H38N6O5. The van der Waals surface area contributed by atoms with Crippen LogP contribution in [0.5, 0.6) is 0 Å². The van der Waals surface area contributed by atoms with Crippen molar-refractivity contribution in [3.63, 3.8) is 0 Å². The Hall–Kier alpha value is -7.14. The van der Waals surface area contributed by atoms with Crippen molar-refractivity contribution in [3.8, 4) is 22.6 Å². The molecule has 7 aromatic rings. The molecule has 57 heavy (non-hydrogen) atoms. The van der Waals surface area contributed by atoms with Gasteiger partial charge in [0.25, 0.3) is 11.8 Å². The number of benzene rings is 4. The van der Waals surface area contributed by atoms with Gasteiger partial charge in [-0.1, -0.05) is 48.5 Å². The quantitative estimate of drug-likeness (QED) is 0.160. The van der Waals surface area contributed by atoms with Gasteiger partial charge >= 0.3 is 0 Å². The number of hydrogen-bond donors (Lipinski definition) is 2. The van der Waals surface area contributed by atoms with Crippen LogP contribution in [0.15, 0.2) is 138 Å². The van der Waals surface area contributed by atoms with Crippen molar-refractivity contribution < 1.29 is 23.6 Å². The topological polar surface area (TPSA) is 138 Å². The van der Waals surface area contributed by atoms with Gasteiger partial charge in [-0.05, 0) is 109 Å². The van der Waals surface area contributed by atoms with Gasteiger partial charge in [0.15, 0.2) is 0 Å². The van der Waals surface area contributed by atoms with Crippen molar-refractivity contribution in [1.29, 1.82) is 0 Å². The van der Waals surface area contributed by atoms with E-state index in [2.05, 4.69) is 20.6 Å². The van der Waals surface area contributed by atoms with Crippen LogP contribution in [0.2, 0.25) is 0 Å². The van der Waals surface area contributed by atoms with E-state index in [9.17, 15) is 19.2 Å². The molecular weight excluding hydrogens is 717 g/mol. The molecule has 2 aliphatic heterocycles. The van der Waals surface area contributed by atoms with E-state index in [1.165, 1.54) is 0 Å². The Kier molecular flexibility index (Phi) is 9.47. The first-order chi connectivity index (χ1) is 27.9. The van der Waals surface area contributed by atoms with E-state index < -0.39 is 12.1 Å². The zero-order valence-electron chi connectivity index (χ0n) is 30.9. The van der Waals surface area contributed by atoms with E-state index in [0.29, 0.717) is 60.2 Å². The molecule has 2 saturated heterocycles. The summed E-state index contributed by atoms with van der Waals surface area (Å²) in [6.45, 7) is 0.983. The number of rotatable bonds is 8. The average molecular weight is 755 g/mol. The molecule has 2 N–H and O–H groups in total. The second-order valence-corrected chi connectivity index (χ2v) is 14.4. The van der Waals surface area contributed by atoms with Crippen LogP contribution >= 0.6 is 0 Å². The van der Waals surface area contributed by atoms with Crippen LogP contribution < -0.4 is 10.6 Å². The summed E-state index contributed by atoms with van der Waals surface area (Å²) < 4.78 is 6.21. The molecule has 2 fully saturated rings. The second-order valence-electron chi connectivity index (χ2n) is 14.4. The number of nitrogens with zero attached hydrogens (tertiary/aromatic N) is 4. The Bertz CT molecular complexity index is 2460. The Morgan fingerprint density at radius 3 is 1.39 bits per heavy atom. The molecule has 2 aliphatic rings. The summed E-state index contributed by atoms with van der Waals surface area (Å²) in [4.78, 5) is 66.1. The third-order valence-electron chi connectivity index (χ3n) is 10.9. The molecule has 4 aromatic carbocycles. The van der Waals surface area contributed by atoms with Gasteiger partial charge in [0.2, 0.25) is 11.8 Å². The molecule has 0 saturated carbocycles. The first-order valence-corrected chi connectivity index (χ1v) is 19.1. The number of likely N-dealkylation sites (tertiary alicyclic amines) is 2. The number of furan rings is 1. The van der Waals surface area contributed by atoms with E-state index >= 15 is 0 Å². The minimum Gasteiger partial charge on any atom is -0.456 e. The molecule has 2 atom stereocenters. The summed E-state index contributed by atoms with van der Waals surface area (Å²) in [5.41, 5.74) is 3.61. The SMILES string of the molecule is O=C(Nc1ccc(-c2ccc(-c3ccc(NC(=O)C4CCCN4C(=O)c4nccc5ccccc45)cc3)o2)cc1)C1CCCN1C(=O)c1nccc2ccccc12. The normalized spacial score (nSPS) is 16.6. The van der Waals surface area contributed by atoms with Gasteiger partial charge in [0.1, 0.15) is 35.0 Å². The summed E-state index contributed by atoms with van der Waals surface area (Å²) >= 11 is 0. The molecule has 0 spiro atoms. The second kappa shape index (κ2) is 15.2. The minimum atomic E-state index is -0.592. The highest BCUT2D eigenvalue weighted by molar-refractivity contribution is 6.09. The number of fused-ring (bicyclic) bond motifs is 2. The zero-order valence-corrected chi connectivity index (χ0v) is 30.9. The van der Waals surface area contributed by atoms with Gasteiger partial charge in [-0.3, -0.25) is 29.1 Å². The Morgan fingerprint density at radius 1 is 0.526 bits per heavy atom. The number of nitrogens with one attached hydrogen (secondary N) is 2. The fraction of sp³-hybridized carbons (Fsp3) is 0.174. The van der Waals surface area contributed by atoms with Gasteiger partial charge in [-0.15, -0.1) is 0 Å². The van der Waals surface area contributed by atoms with Gasteiger partial charge in [-0.25, -0.2) is 0 Å². The lowest BCUT2D eigenvalue weighted by Gasteiger charge is -2.24. The van der Waals surface area contributed by atoms with Crippen LogP contribution in [0.25, 0.3) is 44.2 Å². The molecule has 282 valence electrons. The Balaban J connectivity index is 0.819. The summed E-state index contributed by atoms with van der Waals surface area (Å²) in [5, 5.41) is 9.37. The van der Waals surface area contributed by atoms with Gasteiger partial charge in [0, 0.05) is 58.8 Å². The van der Waals surface area contributed by atoms with Crippen LogP contribution in [0.1, 0.15) is 46.7 Å². The fourth-order valence-electron chi connectivity index (χ4n) is 7.95. The maximum absolute atomic E-state index is 13.6. The van der Waals surface area contributed by atoms with Crippen LogP contribution in [0.3, 0.4) is 0 Å². The van der Waals surface area contributed by atoms with E-state index in [4.69, 9.17) is 4.42 Å². The molecule has 0 bridgehead atoms. The summed E-state index contributed by atoms with van der Waals surface area (Å²) in [6.07, 6.45) is 5.88. The molecule has 9 rings (SSSR count). The number of pyridine rings is 2. The fourth-order valence-corrected chi connectivity index (χ4v) is 7.95. The maximum Gasteiger partial charge on any atom is 0.273 e. The van der Waals surface area contributed by atoms with E-state index in [1.54, 1.807) is 22.2 Å². The van der Waals surface area contributed by atoms with Crippen molar-refractivity contribution in [2.75, 3.05) is 23.7 Å². The lowest BCUT2D eigenvalue weighted by molar-refractivity contribution is -0.120. The first kappa shape index (κ1) is 35.6. The number of amides is 4. The summed E-state index contributed by atoms with van der Waals surface area (Å²) in [7, 11) is 0. The van der Waals surface area contributed by atoms with Crippen molar-refractivity contribution >= 4 is 56.5 Å². The Morgan fingerprint density at radius 2 is 0.947 bits per heavy atom. The molecule has 0 aliphatic carbocycles. The van der Waals surface area contributed by atoms with Gasteiger partial charge in [-0.2, -0.15) is 0 Å². The summed E-state index contributed by atoms with van der Waals surface area (Å²) in [6, 6.07) is 36.4. The zero-order chi connectivity index (χ0) is 38.9. The smallest absolute Gasteiger partial charge is 0.273 e. The molecule has 4 amide bonds. The average Bonchev–Trinajstić information content (AvgIpc) is 4.06. The van der Waals surface area contributed by atoms with Gasteiger partial charge < -0.3 is 24.9 Å². The van der Waals surface area contributed by atoms with Crippen LogP contribution in [0.4, 0.5) is 11.4 Å². The summed E-state index contributed by atoms with van der Waals surface area (Å²) in [5.74, 6) is 0.353. The van der Waals surface area contributed by atoms with Crippen molar-refractivity contribution in [1.82, 2.24) is 19.8 Å². The third-order valence-corrected chi connectivity index (χ3v) is 10.9. The van der Waals surface area contributed by atoms with Crippen molar-refractivity contribution in [3.05, 3.63) is 145 Å². The van der Waals surface area contributed by atoms with E-state index in [-0.39, 0.29) is 23.6 Å². The molecule has 3 aromatic heterocycles. The molecule has 11 nitrogen and oxygen atoms in total. The standard InChI is InChI=1S/C46H38N6O5/c53-43(37-11-5-27-51(37)45(55)41-35-9-3-1-7-29(35)23-25-47-41)49-33-17-13-31(14-18-33)39-21-22-40(57-39)32-15-19-34(20-16-32)50-44(54)38-12-6-28-52(38)46(56)42-36-10-4-2-8-30(36)24-26-48-42/h1-4,7-10,13-26,37-38H,5-6,11-12,27-28H2,(H,49,53)(H,50,54). The maximum atomic E-state index is 13.6. The van der Waals surface area contributed by atoms with Crippen molar-refractivity contribution in [2.45, 2.75) is 37.8 Å². The predicted molar refractivity (Wildman–Crippen MR) is 218 cm³/mol. The molecule has 11 heteroatoms. The van der Waals surface area contributed by atoms with Gasteiger partial charge in [0.05, 0.1) is 0 Å². The molecule has 2 unspecified atom stereocenters. The number of hydrogen-bond acceptors (Lipinski definition) is 7. The highest BCUT2D eigenvalue weighted by Gasteiger charge is 2.37. The van der Waals surface area contributed by atoms with E-state index in [0.717, 1.165) is 45.5 Å². The number of carbonyl (C=O) groups excluding carboxylic acids is 4. The first-order valence-electron chi connectivity index (χ1n) is 19.1. The molecule has 5 heterocycles. The largest absolute Gasteiger partial charge is 0.456 e. The third kappa shape index (κ3) is 6.99.